The average molecular weight is 290 g/mol. The lowest BCUT2D eigenvalue weighted by Gasteiger charge is -2.03. The fraction of sp³-hybridized carbons (Fsp3) is 0.500. The molecular weight excluding hydrogens is 264 g/mol. The second-order valence-corrected chi connectivity index (χ2v) is 4.87. The summed E-state index contributed by atoms with van der Waals surface area (Å²) in [5.41, 5.74) is 1.35. The zero-order valence-electron chi connectivity index (χ0n) is 12.9. The summed E-state index contributed by atoms with van der Waals surface area (Å²) in [5, 5.41) is 0. The van der Waals surface area contributed by atoms with Crippen LogP contribution in [0, 0.1) is 0 Å². The van der Waals surface area contributed by atoms with E-state index in [1.54, 1.807) is 6.92 Å². The largest absolute Gasteiger partial charge is 0.464 e. The van der Waals surface area contributed by atoms with E-state index in [0.717, 1.165) is 32.1 Å². The number of unbranched alkanes of at least 4 members (excludes halogenated alkanes) is 3. The van der Waals surface area contributed by atoms with Crippen LogP contribution in [0.15, 0.2) is 42.5 Å². The minimum Gasteiger partial charge on any atom is -0.464 e. The summed E-state index contributed by atoms with van der Waals surface area (Å²) in [7, 11) is 0. The predicted molar refractivity (Wildman–Crippen MR) is 85.2 cm³/mol. The van der Waals surface area contributed by atoms with E-state index in [2.05, 4.69) is 36.4 Å². The summed E-state index contributed by atoms with van der Waals surface area (Å²) < 4.78 is 10.0. The highest BCUT2D eigenvalue weighted by molar-refractivity contribution is 5.70. The van der Waals surface area contributed by atoms with Gasteiger partial charge in [-0.05, 0) is 38.2 Å². The van der Waals surface area contributed by atoms with Crippen LogP contribution in [0.4, 0.5) is 0 Å². The van der Waals surface area contributed by atoms with Crippen molar-refractivity contribution in [1.82, 2.24) is 0 Å². The van der Waals surface area contributed by atoms with Gasteiger partial charge < -0.3 is 9.47 Å². The van der Waals surface area contributed by atoms with Gasteiger partial charge in [0.05, 0.1) is 6.61 Å². The van der Waals surface area contributed by atoms with E-state index in [9.17, 15) is 4.79 Å². The first-order valence-electron chi connectivity index (χ1n) is 7.75. The Labute approximate surface area is 128 Å². The third-order valence-corrected chi connectivity index (χ3v) is 3.05. The summed E-state index contributed by atoms with van der Waals surface area (Å²) in [5.74, 6) is -0.277. The Bertz CT molecular complexity index is 398. The van der Waals surface area contributed by atoms with Crippen LogP contribution in [-0.2, 0) is 20.7 Å². The summed E-state index contributed by atoms with van der Waals surface area (Å²) in [6, 6.07) is 10.5. The molecule has 0 heterocycles. The van der Waals surface area contributed by atoms with Gasteiger partial charge in [-0.25, -0.2) is 4.79 Å². The maximum absolute atomic E-state index is 11.0. The Kier molecular flexibility index (Phi) is 10.1. The van der Waals surface area contributed by atoms with Crippen molar-refractivity contribution in [3.8, 4) is 0 Å². The fourth-order valence-electron chi connectivity index (χ4n) is 1.95. The predicted octanol–water partition coefficient (Wildman–Crippen LogP) is 3.93. The van der Waals surface area contributed by atoms with Crippen LogP contribution in [-0.4, -0.2) is 25.8 Å². The summed E-state index contributed by atoms with van der Waals surface area (Å²) >= 11 is 0. The van der Waals surface area contributed by atoms with Crippen molar-refractivity contribution in [2.45, 2.75) is 39.0 Å². The van der Waals surface area contributed by atoms with E-state index >= 15 is 0 Å². The van der Waals surface area contributed by atoms with Gasteiger partial charge in [0.25, 0.3) is 0 Å². The molecule has 3 nitrogen and oxygen atoms in total. The van der Waals surface area contributed by atoms with Crippen molar-refractivity contribution >= 4 is 5.97 Å². The minimum absolute atomic E-state index is 0.0742. The number of allylic oxidation sites excluding steroid dienone is 2. The molecule has 0 N–H and O–H groups in total. The van der Waals surface area contributed by atoms with Crippen LogP contribution in [0.5, 0.6) is 0 Å². The second kappa shape index (κ2) is 12.2. The van der Waals surface area contributed by atoms with Crippen LogP contribution in [0.1, 0.15) is 38.2 Å². The van der Waals surface area contributed by atoms with Crippen molar-refractivity contribution in [3.05, 3.63) is 48.0 Å². The number of hydrogen-bond donors (Lipinski definition) is 0. The normalized spacial score (nSPS) is 10.9. The topological polar surface area (TPSA) is 35.5 Å². The highest BCUT2D eigenvalue weighted by Gasteiger charge is 2.00. The second-order valence-electron chi connectivity index (χ2n) is 4.87. The molecule has 21 heavy (non-hydrogen) atoms. The Morgan fingerprint density at radius 3 is 2.67 bits per heavy atom. The molecule has 0 aliphatic heterocycles. The Hall–Kier alpha value is -1.61. The van der Waals surface area contributed by atoms with Crippen molar-refractivity contribution in [2.24, 2.45) is 0 Å². The number of esters is 1. The first-order chi connectivity index (χ1) is 10.3. The van der Waals surface area contributed by atoms with Crippen molar-refractivity contribution in [3.63, 3.8) is 0 Å². The van der Waals surface area contributed by atoms with Crippen LogP contribution in [0.25, 0.3) is 0 Å². The number of carbonyl (C=O) groups is 1. The minimum atomic E-state index is -0.277. The monoisotopic (exact) mass is 290 g/mol. The zero-order chi connectivity index (χ0) is 15.2. The van der Waals surface area contributed by atoms with Crippen LogP contribution in [0.2, 0.25) is 0 Å². The fourth-order valence-corrected chi connectivity index (χ4v) is 1.95. The Morgan fingerprint density at radius 2 is 1.90 bits per heavy atom. The van der Waals surface area contributed by atoms with Crippen LogP contribution < -0.4 is 0 Å². The molecule has 1 rings (SSSR count). The lowest BCUT2D eigenvalue weighted by molar-refractivity contribution is -0.148. The Balaban J connectivity index is 1.89. The molecule has 3 heteroatoms. The molecule has 0 fully saturated rings. The van der Waals surface area contributed by atoms with E-state index < -0.39 is 0 Å². The van der Waals surface area contributed by atoms with Crippen molar-refractivity contribution in [2.75, 3.05) is 19.8 Å². The molecule has 0 spiro atoms. The zero-order valence-corrected chi connectivity index (χ0v) is 12.9. The van der Waals surface area contributed by atoms with E-state index in [1.807, 2.05) is 6.07 Å². The summed E-state index contributed by atoms with van der Waals surface area (Å²) in [6.45, 7) is 2.91. The molecule has 1 aromatic carbocycles. The summed E-state index contributed by atoms with van der Waals surface area (Å²) in [6.07, 6.45) is 9.85. The van der Waals surface area contributed by atoms with Crippen LogP contribution >= 0.6 is 0 Å². The number of carbonyl (C=O) groups excluding carboxylic acids is 1. The van der Waals surface area contributed by atoms with Crippen molar-refractivity contribution < 1.29 is 14.3 Å². The number of benzene rings is 1. The lowest BCUT2D eigenvalue weighted by Crippen LogP contribution is -2.12. The van der Waals surface area contributed by atoms with Gasteiger partial charge in [-0.15, -0.1) is 0 Å². The van der Waals surface area contributed by atoms with Gasteiger partial charge in [-0.1, -0.05) is 48.9 Å². The molecule has 0 aliphatic rings. The molecule has 0 amide bonds. The van der Waals surface area contributed by atoms with E-state index in [1.165, 1.54) is 5.56 Å². The highest BCUT2D eigenvalue weighted by Crippen LogP contribution is 2.04. The van der Waals surface area contributed by atoms with Gasteiger partial charge in [-0.2, -0.15) is 0 Å². The maximum Gasteiger partial charge on any atom is 0.332 e. The van der Waals surface area contributed by atoms with Gasteiger partial charge in [0.2, 0.25) is 0 Å². The quantitative estimate of drug-likeness (QED) is 0.352. The van der Waals surface area contributed by atoms with E-state index in [4.69, 9.17) is 9.47 Å². The number of rotatable bonds is 11. The first kappa shape index (κ1) is 17.4. The Morgan fingerprint density at radius 1 is 1.10 bits per heavy atom. The molecule has 116 valence electrons. The SMILES string of the molecule is CCOC(=O)COCCCCCC=CCc1ccccc1. The third kappa shape index (κ3) is 9.85. The molecule has 0 aromatic heterocycles. The standard InChI is InChI=1S/C18H26O3/c1-2-21-18(19)16-20-15-11-6-4-3-5-8-12-17-13-9-7-10-14-17/h5,7-10,13-14H,2-4,6,11-12,15-16H2,1H3. The smallest absolute Gasteiger partial charge is 0.332 e. The summed E-state index contributed by atoms with van der Waals surface area (Å²) in [4.78, 5) is 11.0. The van der Waals surface area contributed by atoms with E-state index in [-0.39, 0.29) is 12.6 Å². The van der Waals surface area contributed by atoms with Gasteiger partial charge >= 0.3 is 5.97 Å². The molecule has 0 saturated heterocycles. The van der Waals surface area contributed by atoms with Gasteiger partial charge in [0.1, 0.15) is 6.61 Å². The molecule has 0 saturated carbocycles. The highest BCUT2D eigenvalue weighted by atomic mass is 16.6. The van der Waals surface area contributed by atoms with E-state index in [0.29, 0.717) is 13.2 Å². The van der Waals surface area contributed by atoms with Gasteiger partial charge in [0.15, 0.2) is 0 Å². The van der Waals surface area contributed by atoms with Gasteiger partial charge in [0, 0.05) is 6.61 Å². The first-order valence-corrected chi connectivity index (χ1v) is 7.75. The molecule has 1 aromatic rings. The molecule has 0 aliphatic carbocycles. The molecular formula is C18H26O3. The molecule has 0 radical (unpaired) electrons. The van der Waals surface area contributed by atoms with Crippen molar-refractivity contribution in [1.29, 1.82) is 0 Å². The molecule has 0 bridgehead atoms. The number of hydrogen-bond acceptors (Lipinski definition) is 3. The van der Waals surface area contributed by atoms with Crippen LogP contribution in [0.3, 0.4) is 0 Å². The number of ether oxygens (including phenoxy) is 2. The van der Waals surface area contributed by atoms with Gasteiger partial charge in [-0.3, -0.25) is 0 Å². The average Bonchev–Trinajstić information content (AvgIpc) is 2.50. The third-order valence-electron chi connectivity index (χ3n) is 3.05. The lowest BCUT2D eigenvalue weighted by atomic mass is 10.1. The molecule has 0 unspecified atom stereocenters. The molecule has 0 atom stereocenters. The maximum atomic E-state index is 11.0.